The summed E-state index contributed by atoms with van der Waals surface area (Å²) < 4.78 is 15.0. The van der Waals surface area contributed by atoms with Crippen LogP contribution in [0.4, 0.5) is 4.79 Å². The van der Waals surface area contributed by atoms with Crippen molar-refractivity contribution in [3.8, 4) is 0 Å². The number of hydrogen-bond acceptors (Lipinski definition) is 3. The van der Waals surface area contributed by atoms with E-state index in [0.29, 0.717) is 5.41 Å². The van der Waals surface area contributed by atoms with Gasteiger partial charge in [0, 0.05) is 22.7 Å². The normalized spacial score (nSPS) is 35.2. The van der Waals surface area contributed by atoms with Crippen LogP contribution in [0.25, 0.3) is 0 Å². The molecule has 0 radical (unpaired) electrons. The van der Waals surface area contributed by atoms with E-state index in [0.717, 1.165) is 67.5 Å². The van der Waals surface area contributed by atoms with Gasteiger partial charge in [-0.15, -0.1) is 0 Å². The average Bonchev–Trinajstić information content (AvgIpc) is 3.25. The molecule has 0 heterocycles. The van der Waals surface area contributed by atoms with Crippen molar-refractivity contribution in [1.29, 1.82) is 0 Å². The maximum atomic E-state index is 12.7. The van der Waals surface area contributed by atoms with Crippen LogP contribution in [0, 0.1) is 57.0 Å². The molecule has 5 rings (SSSR count). The summed E-state index contributed by atoms with van der Waals surface area (Å²) in [6.07, 6.45) is 16.0. The van der Waals surface area contributed by atoms with Gasteiger partial charge >= 0.3 is 6.16 Å². The predicted octanol–water partition coefficient (Wildman–Crippen LogP) is 11.6. The number of ether oxygens (including phenoxy) is 2. The van der Waals surface area contributed by atoms with E-state index in [1.54, 1.807) is 5.57 Å². The van der Waals surface area contributed by atoms with Crippen molar-refractivity contribution in [2.45, 2.75) is 118 Å². The van der Waals surface area contributed by atoms with Crippen LogP contribution in [-0.4, -0.2) is 12.3 Å². The van der Waals surface area contributed by atoms with E-state index in [1.165, 1.54) is 54.9 Å². The highest BCUT2D eigenvalue weighted by Crippen LogP contribution is 2.67. The van der Waals surface area contributed by atoms with E-state index in [4.69, 9.17) is 9.47 Å². The second kappa shape index (κ2) is 13.4. The predicted molar refractivity (Wildman–Crippen MR) is 193 cm³/mol. The van der Waals surface area contributed by atoms with Crippen molar-refractivity contribution in [2.75, 3.05) is 0 Å². The molecule has 0 bridgehead atoms. The molecule has 1 aromatic rings. The second-order valence-electron chi connectivity index (χ2n) is 14.7. The molecule has 41 heavy (non-hydrogen) atoms. The maximum absolute atomic E-state index is 12.7. The van der Waals surface area contributed by atoms with E-state index in [2.05, 4.69) is 121 Å². The van der Waals surface area contributed by atoms with Gasteiger partial charge in [0.15, 0.2) is 0 Å². The number of allylic oxidation sites excluding steroid dienone is 1. The first kappa shape index (κ1) is 32.8. The summed E-state index contributed by atoms with van der Waals surface area (Å²) in [5.41, 5.74) is 3.41. The number of hydrogen-bond donors (Lipinski definition) is 0. The summed E-state index contributed by atoms with van der Waals surface area (Å²) in [5.74, 6) is 5.08. The van der Waals surface area contributed by atoms with Gasteiger partial charge < -0.3 is 9.47 Å². The maximum Gasteiger partial charge on any atom is 0.508 e. The Balaban J connectivity index is 1.19. The number of carbonyl (C=O) groups excluding carboxylic acids is 1. The standard InChI is InChI=1S/C35H49I3O3/c1-21(2)7-6-8-22(3)28-11-12-29-26-10-9-23-17-25(13-15-34(23,4)30(26)14-16-35(28,29)5)41-33(39)40-20-27-31(37)18-24(36)19-32(27)38/h9,18-19,21-22,25-26,28-30H,6-8,10-17,20H2,1-5H3/t22-,25+,26+,28-,29+,30+,34+,35-/m1/s1. The van der Waals surface area contributed by atoms with Crippen LogP contribution in [0.1, 0.15) is 111 Å². The van der Waals surface area contributed by atoms with Crippen molar-refractivity contribution in [1.82, 2.24) is 0 Å². The molecule has 6 heteroatoms. The fraction of sp³-hybridized carbons (Fsp3) is 0.743. The highest BCUT2D eigenvalue weighted by Gasteiger charge is 2.59. The Labute approximate surface area is 289 Å². The van der Waals surface area contributed by atoms with Gasteiger partial charge in [0.2, 0.25) is 0 Å². The van der Waals surface area contributed by atoms with Crippen LogP contribution >= 0.6 is 67.8 Å². The minimum Gasteiger partial charge on any atom is -0.431 e. The van der Waals surface area contributed by atoms with E-state index < -0.39 is 6.16 Å². The molecule has 0 aromatic heterocycles. The SMILES string of the molecule is CC(C)CCC[C@@H](C)[C@H]1CC[C@H]2[C@@H]3CC=C4C[C@@H](OC(=O)OCc5c(I)cc(I)cc5I)CC[C@]4(C)[C@H]3CC[C@]12C. The molecular weight excluding hydrogens is 849 g/mol. The van der Waals surface area contributed by atoms with Crippen LogP contribution in [-0.2, 0) is 16.1 Å². The van der Waals surface area contributed by atoms with Gasteiger partial charge in [-0.25, -0.2) is 4.79 Å². The zero-order chi connectivity index (χ0) is 29.5. The van der Waals surface area contributed by atoms with Crippen LogP contribution in [0.5, 0.6) is 0 Å². The lowest BCUT2D eigenvalue weighted by molar-refractivity contribution is -0.0620. The molecule has 3 nitrogen and oxygen atoms in total. The Kier molecular flexibility index (Phi) is 10.7. The monoisotopic (exact) mass is 898 g/mol. The molecule has 8 atom stereocenters. The van der Waals surface area contributed by atoms with Crippen molar-refractivity contribution in [2.24, 2.45) is 46.3 Å². The van der Waals surface area contributed by atoms with Crippen LogP contribution in [0.2, 0.25) is 0 Å². The van der Waals surface area contributed by atoms with Crippen LogP contribution < -0.4 is 0 Å². The molecule has 0 N–H and O–H groups in total. The second-order valence-corrected chi connectivity index (χ2v) is 18.2. The van der Waals surface area contributed by atoms with Gasteiger partial charge in [-0.05, 0) is 171 Å². The number of carbonyl (C=O) groups is 1. The van der Waals surface area contributed by atoms with Gasteiger partial charge in [0.25, 0.3) is 0 Å². The molecule has 3 saturated carbocycles. The molecule has 0 amide bonds. The fourth-order valence-electron chi connectivity index (χ4n) is 9.76. The van der Waals surface area contributed by atoms with Gasteiger partial charge in [0.1, 0.15) is 12.7 Å². The van der Waals surface area contributed by atoms with Gasteiger partial charge in [-0.2, -0.15) is 0 Å². The highest BCUT2D eigenvalue weighted by atomic mass is 127. The molecule has 0 saturated heterocycles. The van der Waals surface area contributed by atoms with E-state index in [-0.39, 0.29) is 18.1 Å². The van der Waals surface area contributed by atoms with E-state index in [9.17, 15) is 4.79 Å². The molecule has 0 spiro atoms. The van der Waals surface area contributed by atoms with Crippen molar-refractivity contribution < 1.29 is 14.3 Å². The zero-order valence-corrected chi connectivity index (χ0v) is 32.1. The Morgan fingerprint density at radius 3 is 2.41 bits per heavy atom. The summed E-state index contributed by atoms with van der Waals surface area (Å²) in [6, 6.07) is 4.23. The lowest BCUT2D eigenvalue weighted by Crippen LogP contribution is -2.51. The van der Waals surface area contributed by atoms with Crippen molar-refractivity contribution in [3.63, 3.8) is 0 Å². The Bertz CT molecular complexity index is 1120. The van der Waals surface area contributed by atoms with Crippen molar-refractivity contribution in [3.05, 3.63) is 40.1 Å². The van der Waals surface area contributed by atoms with Gasteiger partial charge in [-0.3, -0.25) is 0 Å². The smallest absolute Gasteiger partial charge is 0.431 e. The molecule has 0 unspecified atom stereocenters. The lowest BCUT2D eigenvalue weighted by Gasteiger charge is -2.58. The number of fused-ring (bicyclic) bond motifs is 5. The summed E-state index contributed by atoms with van der Waals surface area (Å²) in [5, 5.41) is 0. The molecule has 4 aliphatic rings. The van der Waals surface area contributed by atoms with E-state index >= 15 is 0 Å². The summed E-state index contributed by atoms with van der Waals surface area (Å²) in [7, 11) is 0. The first-order chi connectivity index (χ1) is 19.4. The third-order valence-corrected chi connectivity index (χ3v) is 14.5. The number of rotatable bonds is 8. The first-order valence-corrected chi connectivity index (χ1v) is 19.3. The zero-order valence-electron chi connectivity index (χ0n) is 25.6. The average molecular weight is 898 g/mol. The molecule has 4 aliphatic carbocycles. The lowest BCUT2D eigenvalue weighted by atomic mass is 9.47. The van der Waals surface area contributed by atoms with Crippen LogP contribution in [0.15, 0.2) is 23.8 Å². The largest absolute Gasteiger partial charge is 0.508 e. The number of halogens is 3. The van der Waals surface area contributed by atoms with Gasteiger partial charge in [-0.1, -0.05) is 65.5 Å². The number of benzene rings is 1. The first-order valence-electron chi connectivity index (χ1n) is 16.1. The highest BCUT2D eigenvalue weighted by molar-refractivity contribution is 14.1. The molecule has 228 valence electrons. The van der Waals surface area contributed by atoms with Crippen LogP contribution in [0.3, 0.4) is 0 Å². The minimum absolute atomic E-state index is 0.0651. The van der Waals surface area contributed by atoms with Crippen molar-refractivity contribution >= 4 is 73.9 Å². The molecule has 1 aromatic carbocycles. The van der Waals surface area contributed by atoms with Gasteiger partial charge in [0.05, 0.1) is 0 Å². The summed E-state index contributed by atoms with van der Waals surface area (Å²) in [6.45, 7) is 12.8. The quantitative estimate of drug-likeness (QED) is 0.148. The Hall–Kier alpha value is 0.420. The van der Waals surface area contributed by atoms with E-state index in [1.807, 2.05) is 0 Å². The molecular formula is C35H49I3O3. The fourth-order valence-corrected chi connectivity index (χ4v) is 13.7. The Morgan fingerprint density at radius 1 is 0.976 bits per heavy atom. The topological polar surface area (TPSA) is 35.5 Å². The summed E-state index contributed by atoms with van der Waals surface area (Å²) >= 11 is 6.97. The molecule has 3 fully saturated rings. The minimum atomic E-state index is -0.522. The summed E-state index contributed by atoms with van der Waals surface area (Å²) in [4.78, 5) is 12.7. The third-order valence-electron chi connectivity index (χ3n) is 12.0. The Morgan fingerprint density at radius 2 is 1.71 bits per heavy atom. The third kappa shape index (κ3) is 6.84. The molecule has 0 aliphatic heterocycles.